The lowest BCUT2D eigenvalue weighted by Crippen LogP contribution is -2.42. The normalized spacial score (nSPS) is 13.6. The van der Waals surface area contributed by atoms with Gasteiger partial charge in [-0.2, -0.15) is 0 Å². The molecule has 1 aliphatic carbocycles. The van der Waals surface area contributed by atoms with Crippen LogP contribution >= 0.6 is 23.2 Å². The van der Waals surface area contributed by atoms with E-state index in [2.05, 4.69) is 15.8 Å². The molecule has 0 radical (unpaired) electrons. The first kappa shape index (κ1) is 16.8. The van der Waals surface area contributed by atoms with Gasteiger partial charge in [-0.15, -0.1) is 0 Å². The molecule has 0 spiro atoms. The smallest absolute Gasteiger partial charge is 0.241 e. The number of nitrogens with one attached hydrogen (secondary N) is 2. The Bertz CT molecular complexity index is 772. The van der Waals surface area contributed by atoms with Gasteiger partial charge in [0.25, 0.3) is 0 Å². The molecule has 1 heterocycles. The number of nitrogens with zero attached hydrogens (tertiary/aromatic N) is 1. The minimum Gasteiger partial charge on any atom is -0.441 e. The highest BCUT2D eigenvalue weighted by atomic mass is 35.5. The lowest BCUT2D eigenvalue weighted by Gasteiger charge is -2.05. The Morgan fingerprint density at radius 2 is 2.04 bits per heavy atom. The molecule has 6 nitrogen and oxygen atoms in total. The Morgan fingerprint density at radius 3 is 2.75 bits per heavy atom. The summed E-state index contributed by atoms with van der Waals surface area (Å²) in [6, 6.07) is 5.08. The average Bonchev–Trinajstić information content (AvgIpc) is 3.30. The maximum absolute atomic E-state index is 11.7. The van der Waals surface area contributed by atoms with Crippen molar-refractivity contribution < 1.29 is 14.0 Å². The molecule has 1 aromatic heterocycles. The van der Waals surface area contributed by atoms with E-state index in [1.54, 1.807) is 24.4 Å². The summed E-state index contributed by atoms with van der Waals surface area (Å²) in [6.45, 7) is 0. The molecule has 2 amide bonds. The van der Waals surface area contributed by atoms with Gasteiger partial charge >= 0.3 is 0 Å². The van der Waals surface area contributed by atoms with Gasteiger partial charge < -0.3 is 4.42 Å². The standard InChI is InChI=1S/C16H15Cl2N3O3/c17-10-3-4-11(12(18)7-10)13-8-19-15(24-13)6-5-14(22)20-21-16(23)9-1-2-9/h3-4,7-9H,1-2,5-6H2,(H,20,22)(H,21,23). The van der Waals surface area contributed by atoms with E-state index in [1.165, 1.54) is 0 Å². The van der Waals surface area contributed by atoms with Crippen LogP contribution in [-0.4, -0.2) is 16.8 Å². The zero-order valence-corrected chi connectivity index (χ0v) is 14.2. The molecular weight excluding hydrogens is 353 g/mol. The number of carbonyl (C=O) groups is 2. The largest absolute Gasteiger partial charge is 0.441 e. The molecule has 126 valence electrons. The van der Waals surface area contributed by atoms with Gasteiger partial charge in [-0.3, -0.25) is 20.4 Å². The molecule has 0 bridgehead atoms. The van der Waals surface area contributed by atoms with Crippen molar-refractivity contribution in [3.63, 3.8) is 0 Å². The number of benzene rings is 1. The fraction of sp³-hybridized carbons (Fsp3) is 0.312. The summed E-state index contributed by atoms with van der Waals surface area (Å²) in [5.74, 6) is 0.532. The first-order valence-electron chi connectivity index (χ1n) is 7.52. The summed E-state index contributed by atoms with van der Waals surface area (Å²) in [5, 5.41) is 0.999. The Hall–Kier alpha value is -2.05. The highest BCUT2D eigenvalue weighted by molar-refractivity contribution is 6.36. The Balaban J connectivity index is 1.52. The first-order valence-corrected chi connectivity index (χ1v) is 8.27. The second-order valence-corrected chi connectivity index (χ2v) is 6.40. The minimum atomic E-state index is -0.298. The van der Waals surface area contributed by atoms with Gasteiger partial charge in [-0.05, 0) is 31.0 Å². The third-order valence-electron chi connectivity index (χ3n) is 3.59. The third kappa shape index (κ3) is 4.27. The van der Waals surface area contributed by atoms with Crippen LogP contribution < -0.4 is 10.9 Å². The number of carbonyl (C=O) groups excluding carboxylic acids is 2. The third-order valence-corrected chi connectivity index (χ3v) is 4.14. The molecular formula is C16H15Cl2N3O3. The molecule has 1 saturated carbocycles. The minimum absolute atomic E-state index is 0.0451. The summed E-state index contributed by atoms with van der Waals surface area (Å²) in [4.78, 5) is 27.3. The molecule has 8 heteroatoms. The van der Waals surface area contributed by atoms with Crippen LogP contribution in [0.3, 0.4) is 0 Å². The summed E-state index contributed by atoms with van der Waals surface area (Å²) in [5.41, 5.74) is 5.47. The van der Waals surface area contributed by atoms with Crippen molar-refractivity contribution in [1.82, 2.24) is 15.8 Å². The number of aryl methyl sites for hydroxylation is 1. The number of hydrogen-bond acceptors (Lipinski definition) is 4. The maximum atomic E-state index is 11.7. The van der Waals surface area contributed by atoms with E-state index in [9.17, 15) is 9.59 Å². The van der Waals surface area contributed by atoms with Crippen molar-refractivity contribution in [1.29, 1.82) is 0 Å². The fourth-order valence-corrected chi connectivity index (χ4v) is 2.60. The van der Waals surface area contributed by atoms with Crippen LogP contribution in [-0.2, 0) is 16.0 Å². The van der Waals surface area contributed by atoms with Gasteiger partial charge in [-0.25, -0.2) is 4.98 Å². The molecule has 3 rings (SSSR count). The van der Waals surface area contributed by atoms with Crippen LogP contribution in [0.5, 0.6) is 0 Å². The average molecular weight is 368 g/mol. The van der Waals surface area contributed by atoms with Crippen molar-refractivity contribution >= 4 is 35.0 Å². The predicted octanol–water partition coefficient (Wildman–Crippen LogP) is 3.14. The number of amides is 2. The van der Waals surface area contributed by atoms with Crippen molar-refractivity contribution in [2.24, 2.45) is 5.92 Å². The number of hydrogen-bond donors (Lipinski definition) is 2. The SMILES string of the molecule is O=C(CCc1ncc(-c2ccc(Cl)cc2Cl)o1)NNC(=O)C1CC1. The van der Waals surface area contributed by atoms with Gasteiger partial charge in [-0.1, -0.05) is 23.2 Å². The first-order chi connectivity index (χ1) is 11.5. The molecule has 1 fully saturated rings. The summed E-state index contributed by atoms with van der Waals surface area (Å²) < 4.78 is 5.61. The van der Waals surface area contributed by atoms with Crippen LogP contribution in [0, 0.1) is 5.92 Å². The number of halogens is 2. The molecule has 1 aromatic carbocycles. The predicted molar refractivity (Wildman–Crippen MR) is 89.3 cm³/mol. The van der Waals surface area contributed by atoms with E-state index >= 15 is 0 Å². The van der Waals surface area contributed by atoms with Gasteiger partial charge in [0.15, 0.2) is 11.7 Å². The van der Waals surface area contributed by atoms with E-state index in [-0.39, 0.29) is 24.2 Å². The molecule has 24 heavy (non-hydrogen) atoms. The molecule has 0 atom stereocenters. The van der Waals surface area contributed by atoms with E-state index in [4.69, 9.17) is 27.6 Å². The Morgan fingerprint density at radius 1 is 1.25 bits per heavy atom. The zero-order chi connectivity index (χ0) is 17.1. The second kappa shape index (κ2) is 7.23. The summed E-state index contributed by atoms with van der Waals surface area (Å²) in [6.07, 6.45) is 3.79. The topological polar surface area (TPSA) is 84.2 Å². The van der Waals surface area contributed by atoms with Crippen LogP contribution in [0.25, 0.3) is 11.3 Å². The van der Waals surface area contributed by atoms with Crippen molar-refractivity contribution in [2.45, 2.75) is 25.7 Å². The monoisotopic (exact) mass is 367 g/mol. The molecule has 2 N–H and O–H groups in total. The van der Waals surface area contributed by atoms with E-state index in [0.29, 0.717) is 33.7 Å². The molecule has 1 aliphatic rings. The highest BCUT2D eigenvalue weighted by Gasteiger charge is 2.29. The summed E-state index contributed by atoms with van der Waals surface area (Å²) >= 11 is 12.0. The number of oxazole rings is 1. The van der Waals surface area contributed by atoms with Crippen molar-refractivity contribution in [3.05, 3.63) is 40.3 Å². The second-order valence-electron chi connectivity index (χ2n) is 5.55. The van der Waals surface area contributed by atoms with Crippen molar-refractivity contribution in [2.75, 3.05) is 0 Å². The van der Waals surface area contributed by atoms with Crippen LogP contribution in [0.1, 0.15) is 25.2 Å². The van der Waals surface area contributed by atoms with E-state index in [0.717, 1.165) is 12.8 Å². The van der Waals surface area contributed by atoms with Crippen LogP contribution in [0.4, 0.5) is 0 Å². The van der Waals surface area contributed by atoms with E-state index < -0.39 is 0 Å². The fourth-order valence-electron chi connectivity index (χ4n) is 2.10. The van der Waals surface area contributed by atoms with Gasteiger partial charge in [0, 0.05) is 29.3 Å². The Labute approximate surface area is 148 Å². The van der Waals surface area contributed by atoms with Gasteiger partial charge in [0.05, 0.1) is 11.2 Å². The molecule has 2 aromatic rings. The van der Waals surface area contributed by atoms with E-state index in [1.807, 2.05) is 0 Å². The maximum Gasteiger partial charge on any atom is 0.241 e. The Kier molecular flexibility index (Phi) is 5.06. The van der Waals surface area contributed by atoms with Gasteiger partial charge in [0.1, 0.15) is 0 Å². The lowest BCUT2D eigenvalue weighted by molar-refractivity contribution is -0.129. The number of hydrazine groups is 1. The highest BCUT2D eigenvalue weighted by Crippen LogP contribution is 2.31. The molecule has 0 aliphatic heterocycles. The quantitative estimate of drug-likeness (QED) is 0.795. The molecule has 0 saturated heterocycles. The molecule has 0 unspecified atom stereocenters. The summed E-state index contributed by atoms with van der Waals surface area (Å²) in [7, 11) is 0. The number of rotatable bonds is 5. The van der Waals surface area contributed by atoms with Gasteiger partial charge in [0.2, 0.25) is 11.8 Å². The van der Waals surface area contributed by atoms with Crippen LogP contribution in [0.2, 0.25) is 10.0 Å². The van der Waals surface area contributed by atoms with Crippen LogP contribution in [0.15, 0.2) is 28.8 Å². The number of aromatic nitrogens is 1. The lowest BCUT2D eigenvalue weighted by atomic mass is 10.2. The van der Waals surface area contributed by atoms with Crippen molar-refractivity contribution in [3.8, 4) is 11.3 Å². The zero-order valence-electron chi connectivity index (χ0n) is 12.6.